The van der Waals surface area contributed by atoms with E-state index in [0.29, 0.717) is 22.7 Å². The van der Waals surface area contributed by atoms with Gasteiger partial charge in [-0.05, 0) is 66.4 Å². The zero-order chi connectivity index (χ0) is 26.5. The third-order valence-electron chi connectivity index (χ3n) is 5.71. The Labute approximate surface area is 213 Å². The molecule has 0 heterocycles. The number of carbonyl (C=O) groups excluding carboxylic acids is 2. The molecular weight excluding hydrogens is 506 g/mol. The van der Waals surface area contributed by atoms with Crippen molar-refractivity contribution >= 4 is 39.1 Å². The lowest BCUT2D eigenvalue weighted by Gasteiger charge is -2.28. The number of carbonyl (C=O) groups is 2. The number of hydrogen-bond donors (Lipinski definition) is 4. The summed E-state index contributed by atoms with van der Waals surface area (Å²) in [4.78, 5) is 22.8. The van der Waals surface area contributed by atoms with Crippen molar-refractivity contribution < 1.29 is 27.9 Å². The molecule has 6 N–H and O–H groups in total. The number of rotatable bonds is 10. The number of sulfone groups is 1. The first-order valence-corrected chi connectivity index (χ1v) is 12.7. The molecule has 9 nitrogen and oxygen atoms in total. The van der Waals surface area contributed by atoms with Gasteiger partial charge in [0.1, 0.15) is 12.2 Å². The van der Waals surface area contributed by atoms with Crippen molar-refractivity contribution in [1.29, 1.82) is 0 Å². The van der Waals surface area contributed by atoms with Crippen molar-refractivity contribution in [3.63, 3.8) is 0 Å². The normalized spacial score (nSPS) is 13.0. The molecule has 2 amide bonds. The summed E-state index contributed by atoms with van der Waals surface area (Å²) < 4.78 is 31.1. The van der Waals surface area contributed by atoms with Crippen LogP contribution in [0, 0.1) is 0 Å². The van der Waals surface area contributed by atoms with Gasteiger partial charge in [0, 0.05) is 17.8 Å². The Kier molecular flexibility index (Phi) is 8.24. The molecule has 0 radical (unpaired) electrons. The fourth-order valence-electron chi connectivity index (χ4n) is 3.70. The molecule has 0 bridgehead atoms. The lowest BCUT2D eigenvalue weighted by Crippen LogP contribution is -2.34. The minimum Gasteiger partial charge on any atom is -0.446 e. The van der Waals surface area contributed by atoms with Gasteiger partial charge in [-0.2, -0.15) is 0 Å². The van der Waals surface area contributed by atoms with E-state index in [0.717, 1.165) is 5.56 Å². The maximum atomic E-state index is 13.1. The van der Waals surface area contributed by atoms with Gasteiger partial charge in [0.25, 0.3) is 5.91 Å². The van der Waals surface area contributed by atoms with E-state index in [-0.39, 0.29) is 28.4 Å². The van der Waals surface area contributed by atoms with Crippen LogP contribution >= 0.6 is 11.6 Å². The van der Waals surface area contributed by atoms with E-state index in [4.69, 9.17) is 27.8 Å². The first kappa shape index (κ1) is 27.0. The van der Waals surface area contributed by atoms with Gasteiger partial charge in [0.2, 0.25) is 9.84 Å². The highest BCUT2D eigenvalue weighted by molar-refractivity contribution is 7.91. The molecule has 0 unspecified atom stereocenters. The number of halogens is 1. The molecule has 0 fully saturated rings. The van der Waals surface area contributed by atoms with Crippen molar-refractivity contribution in [1.82, 2.24) is 0 Å². The first-order chi connectivity index (χ1) is 17.0. The number of nitrogens with one attached hydrogen (secondary N) is 1. The Morgan fingerprint density at radius 3 is 2.28 bits per heavy atom. The molecular formula is C25H26ClN3O6S. The molecule has 3 rings (SSSR count). The molecule has 0 saturated carbocycles. The van der Waals surface area contributed by atoms with Crippen molar-refractivity contribution in [2.75, 3.05) is 19.0 Å². The van der Waals surface area contributed by atoms with Gasteiger partial charge >= 0.3 is 6.09 Å². The molecule has 36 heavy (non-hydrogen) atoms. The van der Waals surface area contributed by atoms with Crippen molar-refractivity contribution in [3.8, 4) is 0 Å². The quantitative estimate of drug-likeness (QED) is 0.312. The number of amides is 2. The Balaban J connectivity index is 1.82. The van der Waals surface area contributed by atoms with Crippen LogP contribution in [0.2, 0.25) is 5.02 Å². The molecule has 0 aliphatic rings. The predicted octanol–water partition coefficient (Wildman–Crippen LogP) is 3.23. The van der Waals surface area contributed by atoms with Crippen LogP contribution in [0.4, 0.5) is 10.5 Å². The Hall–Kier alpha value is -3.60. The molecule has 0 saturated heterocycles. The molecule has 190 valence electrons. The van der Waals surface area contributed by atoms with Gasteiger partial charge < -0.3 is 26.6 Å². The summed E-state index contributed by atoms with van der Waals surface area (Å²) in [5, 5.41) is 14.4. The molecule has 0 aliphatic carbocycles. The Morgan fingerprint density at radius 1 is 1.03 bits per heavy atom. The van der Waals surface area contributed by atoms with E-state index in [1.165, 1.54) is 30.3 Å². The average molecular weight is 532 g/mol. The lowest BCUT2D eigenvalue weighted by molar-refractivity contribution is -0.0307. The number of primary amides is 2. The van der Waals surface area contributed by atoms with Crippen LogP contribution in [0.1, 0.15) is 27.9 Å². The van der Waals surface area contributed by atoms with Crippen LogP contribution in [0.3, 0.4) is 0 Å². The third kappa shape index (κ3) is 6.14. The smallest absolute Gasteiger partial charge is 0.404 e. The standard InChI is InChI=1S/C25H26ClN3O6S/c1-29-22-10-9-20(14-21(22)23(27)30)36(33,34)19-7-5-16(6-8-19)11-12-25(32,15-35-24(28)31)17-3-2-4-18(26)13-17/h2-10,13-14,29,32H,11-12,15H2,1H3,(H2,27,30)(H2,28,31)/t25-/m0/s1. The van der Waals surface area contributed by atoms with Gasteiger partial charge in [0.15, 0.2) is 0 Å². The summed E-state index contributed by atoms with van der Waals surface area (Å²) in [5.41, 5.74) is 10.6. The fourth-order valence-corrected chi connectivity index (χ4v) is 5.18. The van der Waals surface area contributed by atoms with Crippen LogP contribution in [0.5, 0.6) is 0 Å². The summed E-state index contributed by atoms with van der Waals surface area (Å²) in [6, 6.07) is 16.8. The fraction of sp³-hybridized carbons (Fsp3) is 0.200. The maximum absolute atomic E-state index is 13.1. The van der Waals surface area contributed by atoms with Crippen LogP contribution in [-0.4, -0.2) is 39.2 Å². The Morgan fingerprint density at radius 2 is 1.69 bits per heavy atom. The van der Waals surface area contributed by atoms with Crippen molar-refractivity contribution in [2.24, 2.45) is 11.5 Å². The molecule has 0 aromatic heterocycles. The van der Waals surface area contributed by atoms with E-state index in [1.54, 1.807) is 43.4 Å². The van der Waals surface area contributed by atoms with Crippen LogP contribution in [0.15, 0.2) is 76.5 Å². The zero-order valence-electron chi connectivity index (χ0n) is 19.4. The van der Waals surface area contributed by atoms with E-state index in [1.807, 2.05) is 0 Å². The minimum absolute atomic E-state index is 0.0287. The molecule has 11 heteroatoms. The molecule has 3 aromatic carbocycles. The second kappa shape index (κ2) is 11.0. The van der Waals surface area contributed by atoms with Gasteiger partial charge in [-0.25, -0.2) is 13.2 Å². The number of benzene rings is 3. The maximum Gasteiger partial charge on any atom is 0.404 e. The van der Waals surface area contributed by atoms with E-state index in [9.17, 15) is 23.1 Å². The highest BCUT2D eigenvalue weighted by atomic mass is 35.5. The highest BCUT2D eigenvalue weighted by Gasteiger charge is 2.31. The number of aliphatic hydroxyl groups is 1. The van der Waals surface area contributed by atoms with Crippen LogP contribution in [0.25, 0.3) is 0 Å². The van der Waals surface area contributed by atoms with Gasteiger partial charge in [-0.1, -0.05) is 35.9 Å². The molecule has 1 atom stereocenters. The first-order valence-electron chi connectivity index (χ1n) is 10.8. The zero-order valence-corrected chi connectivity index (χ0v) is 21.0. The summed E-state index contributed by atoms with van der Waals surface area (Å²) in [5.74, 6) is -0.751. The lowest BCUT2D eigenvalue weighted by atomic mass is 9.88. The topological polar surface area (TPSA) is 162 Å². The third-order valence-corrected chi connectivity index (χ3v) is 7.71. The van der Waals surface area contributed by atoms with Crippen molar-refractivity contribution in [3.05, 3.63) is 88.4 Å². The summed E-state index contributed by atoms with van der Waals surface area (Å²) in [6.07, 6.45) is -0.554. The SMILES string of the molecule is CNc1ccc(S(=O)(=O)c2ccc(CC[C@](O)(COC(N)=O)c3cccc(Cl)c3)cc2)cc1C(N)=O. The van der Waals surface area contributed by atoms with E-state index >= 15 is 0 Å². The van der Waals surface area contributed by atoms with Gasteiger partial charge in [-0.15, -0.1) is 0 Å². The molecule has 3 aromatic rings. The number of nitrogens with two attached hydrogens (primary N) is 2. The number of anilines is 1. The van der Waals surface area contributed by atoms with E-state index in [2.05, 4.69) is 5.32 Å². The minimum atomic E-state index is -3.92. The number of ether oxygens (including phenoxy) is 1. The summed E-state index contributed by atoms with van der Waals surface area (Å²) in [7, 11) is -2.32. The summed E-state index contributed by atoms with van der Waals surface area (Å²) in [6.45, 7) is -0.375. The average Bonchev–Trinajstić information content (AvgIpc) is 2.86. The molecule has 0 spiro atoms. The number of aryl methyl sites for hydroxylation is 1. The van der Waals surface area contributed by atoms with Crippen LogP contribution in [-0.2, 0) is 26.6 Å². The molecule has 0 aliphatic heterocycles. The largest absolute Gasteiger partial charge is 0.446 e. The second-order valence-corrected chi connectivity index (χ2v) is 10.5. The predicted molar refractivity (Wildman–Crippen MR) is 136 cm³/mol. The van der Waals surface area contributed by atoms with Gasteiger partial charge in [0.05, 0.1) is 15.4 Å². The van der Waals surface area contributed by atoms with E-state index < -0.39 is 27.4 Å². The number of hydrogen-bond acceptors (Lipinski definition) is 7. The second-order valence-electron chi connectivity index (χ2n) is 8.12. The van der Waals surface area contributed by atoms with Gasteiger partial charge in [-0.3, -0.25) is 4.79 Å². The monoisotopic (exact) mass is 531 g/mol. The highest BCUT2D eigenvalue weighted by Crippen LogP contribution is 2.30. The van der Waals surface area contributed by atoms with Crippen molar-refractivity contribution in [2.45, 2.75) is 28.2 Å². The van der Waals surface area contributed by atoms with Crippen LogP contribution < -0.4 is 16.8 Å². The summed E-state index contributed by atoms with van der Waals surface area (Å²) >= 11 is 6.06. The Bertz CT molecular complexity index is 1380.